The first-order valence-electron chi connectivity index (χ1n) is 8.48. The van der Waals surface area contributed by atoms with Gasteiger partial charge in [0, 0.05) is 29.7 Å². The Labute approximate surface area is 165 Å². The SMILES string of the molecule is O=C(Nc1cccnc1)c1nccnc1N1CC(Oc2cc(F)cc(Cl)c2)C1. The van der Waals surface area contributed by atoms with E-state index in [9.17, 15) is 9.18 Å². The number of anilines is 2. The van der Waals surface area contributed by atoms with Gasteiger partial charge in [0.05, 0.1) is 25.0 Å². The first kappa shape index (κ1) is 18.1. The highest BCUT2D eigenvalue weighted by Crippen LogP contribution is 2.27. The number of pyridine rings is 1. The van der Waals surface area contributed by atoms with E-state index in [0.717, 1.165) is 0 Å². The predicted molar refractivity (Wildman–Crippen MR) is 102 cm³/mol. The second kappa shape index (κ2) is 7.77. The summed E-state index contributed by atoms with van der Waals surface area (Å²) < 4.78 is 19.2. The van der Waals surface area contributed by atoms with Gasteiger partial charge < -0.3 is 15.0 Å². The van der Waals surface area contributed by atoms with Crippen LogP contribution in [0.1, 0.15) is 10.5 Å². The largest absolute Gasteiger partial charge is 0.487 e. The first-order valence-corrected chi connectivity index (χ1v) is 8.86. The maximum absolute atomic E-state index is 13.4. The molecule has 1 aliphatic heterocycles. The number of amides is 1. The van der Waals surface area contributed by atoms with Crippen LogP contribution in [0.2, 0.25) is 5.02 Å². The van der Waals surface area contributed by atoms with E-state index in [1.165, 1.54) is 24.5 Å². The molecule has 0 radical (unpaired) electrons. The zero-order valence-corrected chi connectivity index (χ0v) is 15.3. The number of hydrogen-bond acceptors (Lipinski definition) is 6. The van der Waals surface area contributed by atoms with Crippen molar-refractivity contribution in [2.45, 2.75) is 6.10 Å². The van der Waals surface area contributed by atoms with Crippen LogP contribution in [-0.2, 0) is 0 Å². The fraction of sp³-hybridized carbons (Fsp3) is 0.158. The molecule has 1 saturated heterocycles. The Hall–Kier alpha value is -3.26. The molecule has 142 valence electrons. The highest BCUT2D eigenvalue weighted by Gasteiger charge is 2.33. The fourth-order valence-electron chi connectivity index (χ4n) is 2.82. The summed E-state index contributed by atoms with van der Waals surface area (Å²) in [6.07, 6.45) is 5.98. The molecule has 2 aromatic heterocycles. The molecule has 1 fully saturated rings. The molecule has 28 heavy (non-hydrogen) atoms. The number of rotatable bonds is 5. The molecule has 0 atom stereocenters. The average molecular weight is 400 g/mol. The molecule has 1 amide bonds. The third-order valence-electron chi connectivity index (χ3n) is 4.10. The predicted octanol–water partition coefficient (Wildman–Crippen LogP) is 3.18. The fourth-order valence-corrected chi connectivity index (χ4v) is 3.04. The van der Waals surface area contributed by atoms with Gasteiger partial charge in [0.1, 0.15) is 17.7 Å². The number of carbonyl (C=O) groups is 1. The lowest BCUT2D eigenvalue weighted by Crippen LogP contribution is -2.54. The summed E-state index contributed by atoms with van der Waals surface area (Å²) in [5.74, 6) is -0.0105. The quantitative estimate of drug-likeness (QED) is 0.709. The number of halogens is 2. The van der Waals surface area contributed by atoms with Gasteiger partial charge in [-0.1, -0.05) is 11.6 Å². The van der Waals surface area contributed by atoms with Crippen molar-refractivity contribution in [1.82, 2.24) is 15.0 Å². The summed E-state index contributed by atoms with van der Waals surface area (Å²) in [6, 6.07) is 7.52. The molecule has 0 saturated carbocycles. The van der Waals surface area contributed by atoms with Crippen LogP contribution in [0.25, 0.3) is 0 Å². The highest BCUT2D eigenvalue weighted by molar-refractivity contribution is 6.30. The first-order chi connectivity index (χ1) is 13.6. The Morgan fingerprint density at radius 1 is 1.21 bits per heavy atom. The van der Waals surface area contributed by atoms with E-state index in [4.69, 9.17) is 16.3 Å². The smallest absolute Gasteiger partial charge is 0.278 e. The number of nitrogens with one attached hydrogen (secondary N) is 1. The van der Waals surface area contributed by atoms with Crippen molar-refractivity contribution >= 4 is 29.0 Å². The Morgan fingerprint density at radius 2 is 2.04 bits per heavy atom. The summed E-state index contributed by atoms with van der Waals surface area (Å²) >= 11 is 5.84. The summed E-state index contributed by atoms with van der Waals surface area (Å²) in [6.45, 7) is 0.972. The maximum Gasteiger partial charge on any atom is 0.278 e. The molecule has 1 aromatic carbocycles. The van der Waals surface area contributed by atoms with E-state index in [0.29, 0.717) is 30.3 Å². The van der Waals surface area contributed by atoms with Gasteiger partial charge in [0.15, 0.2) is 11.5 Å². The van der Waals surface area contributed by atoms with Crippen molar-refractivity contribution in [1.29, 1.82) is 0 Å². The van der Waals surface area contributed by atoms with Crippen molar-refractivity contribution in [3.8, 4) is 5.75 Å². The number of nitrogens with zero attached hydrogens (tertiary/aromatic N) is 4. The molecule has 1 N–H and O–H groups in total. The lowest BCUT2D eigenvalue weighted by atomic mass is 10.1. The molecule has 1 aliphatic rings. The van der Waals surface area contributed by atoms with Crippen LogP contribution >= 0.6 is 11.6 Å². The normalized spacial score (nSPS) is 13.7. The van der Waals surface area contributed by atoms with Crippen molar-refractivity contribution in [3.63, 3.8) is 0 Å². The minimum Gasteiger partial charge on any atom is -0.487 e. The number of benzene rings is 1. The van der Waals surface area contributed by atoms with E-state index in [1.807, 2.05) is 4.90 Å². The molecule has 4 rings (SSSR count). The van der Waals surface area contributed by atoms with E-state index in [2.05, 4.69) is 20.3 Å². The van der Waals surface area contributed by atoms with Crippen LogP contribution in [-0.4, -0.2) is 40.1 Å². The highest BCUT2D eigenvalue weighted by atomic mass is 35.5. The Kier molecular flexibility index (Phi) is 5.03. The monoisotopic (exact) mass is 399 g/mol. The van der Waals surface area contributed by atoms with Crippen LogP contribution in [0, 0.1) is 5.82 Å². The lowest BCUT2D eigenvalue weighted by molar-refractivity contribution is 0.102. The van der Waals surface area contributed by atoms with Crippen molar-refractivity contribution in [3.05, 3.63) is 71.7 Å². The minimum absolute atomic E-state index is 0.172. The Balaban J connectivity index is 1.43. The van der Waals surface area contributed by atoms with Gasteiger partial charge in [-0.3, -0.25) is 9.78 Å². The summed E-state index contributed by atoms with van der Waals surface area (Å²) in [5.41, 5.74) is 0.774. The van der Waals surface area contributed by atoms with E-state index in [1.54, 1.807) is 30.6 Å². The van der Waals surface area contributed by atoms with Gasteiger partial charge in [-0.25, -0.2) is 14.4 Å². The van der Waals surface area contributed by atoms with Gasteiger partial charge >= 0.3 is 0 Å². The van der Waals surface area contributed by atoms with E-state index >= 15 is 0 Å². The number of hydrogen-bond donors (Lipinski definition) is 1. The Morgan fingerprint density at radius 3 is 2.79 bits per heavy atom. The van der Waals surface area contributed by atoms with Gasteiger partial charge in [0.25, 0.3) is 5.91 Å². The zero-order chi connectivity index (χ0) is 19.5. The molecule has 7 nitrogen and oxygen atoms in total. The van der Waals surface area contributed by atoms with Crippen molar-refractivity contribution < 1.29 is 13.9 Å². The molecule has 0 aliphatic carbocycles. The lowest BCUT2D eigenvalue weighted by Gasteiger charge is -2.40. The third-order valence-corrected chi connectivity index (χ3v) is 4.32. The van der Waals surface area contributed by atoms with E-state index in [-0.39, 0.29) is 22.7 Å². The molecule has 3 aromatic rings. The van der Waals surface area contributed by atoms with Crippen LogP contribution in [0.15, 0.2) is 55.1 Å². The summed E-state index contributed by atoms with van der Waals surface area (Å²) in [7, 11) is 0. The van der Waals surface area contributed by atoms with Crippen molar-refractivity contribution in [2.75, 3.05) is 23.3 Å². The van der Waals surface area contributed by atoms with Crippen LogP contribution in [0.3, 0.4) is 0 Å². The molecule has 9 heteroatoms. The average Bonchev–Trinajstić information content (AvgIpc) is 2.64. The third kappa shape index (κ3) is 4.01. The molecule has 0 spiro atoms. The summed E-state index contributed by atoms with van der Waals surface area (Å²) in [4.78, 5) is 26.9. The second-order valence-electron chi connectivity index (χ2n) is 6.17. The number of carbonyl (C=O) groups excluding carboxylic acids is 1. The standard InChI is InChI=1S/C19H15ClFN5O2/c20-12-6-13(21)8-15(7-12)28-16-10-26(11-16)18-17(23-4-5-24-18)19(27)25-14-2-1-3-22-9-14/h1-9,16H,10-11H2,(H,25,27). The topological polar surface area (TPSA) is 80.2 Å². The summed E-state index contributed by atoms with van der Waals surface area (Å²) in [5, 5.41) is 3.02. The van der Waals surface area contributed by atoms with Gasteiger partial charge in [-0.15, -0.1) is 0 Å². The minimum atomic E-state index is -0.457. The number of ether oxygens (including phenoxy) is 1. The van der Waals surface area contributed by atoms with E-state index < -0.39 is 5.82 Å². The zero-order valence-electron chi connectivity index (χ0n) is 14.5. The van der Waals surface area contributed by atoms with Crippen LogP contribution < -0.4 is 15.0 Å². The van der Waals surface area contributed by atoms with Gasteiger partial charge in [0.2, 0.25) is 0 Å². The van der Waals surface area contributed by atoms with Gasteiger partial charge in [-0.2, -0.15) is 0 Å². The molecule has 0 bridgehead atoms. The van der Waals surface area contributed by atoms with Crippen LogP contribution in [0.4, 0.5) is 15.9 Å². The van der Waals surface area contributed by atoms with Crippen LogP contribution in [0.5, 0.6) is 5.75 Å². The van der Waals surface area contributed by atoms with Crippen molar-refractivity contribution in [2.24, 2.45) is 0 Å². The molecule has 3 heterocycles. The molecule has 0 unspecified atom stereocenters. The molecular weight excluding hydrogens is 385 g/mol. The molecular formula is C19H15ClFN5O2. The number of aromatic nitrogens is 3. The Bertz CT molecular complexity index is 978. The maximum atomic E-state index is 13.4. The second-order valence-corrected chi connectivity index (χ2v) is 6.61. The van der Waals surface area contributed by atoms with Gasteiger partial charge in [-0.05, 0) is 24.3 Å².